The Hall–Kier alpha value is -1.29. The lowest BCUT2D eigenvalue weighted by Gasteiger charge is -2.12. The molecule has 0 aliphatic carbocycles. The van der Waals surface area contributed by atoms with Crippen molar-refractivity contribution in [3.63, 3.8) is 0 Å². The molecule has 0 unspecified atom stereocenters. The fraction of sp³-hybridized carbons (Fsp3) is 0.250. The minimum atomic E-state index is -0.0475. The lowest BCUT2D eigenvalue weighted by Crippen LogP contribution is -2.12. The summed E-state index contributed by atoms with van der Waals surface area (Å²) in [6, 6.07) is 0.412. The summed E-state index contributed by atoms with van der Waals surface area (Å²) in [6.07, 6.45) is 2.91. The van der Waals surface area contributed by atoms with E-state index < -0.39 is 0 Å². The van der Waals surface area contributed by atoms with E-state index in [2.05, 4.69) is 4.98 Å². The number of imidazole rings is 1. The van der Waals surface area contributed by atoms with Gasteiger partial charge < -0.3 is 4.74 Å². The predicted molar refractivity (Wildman–Crippen MR) is 46.8 cm³/mol. The number of ketones is 1. The van der Waals surface area contributed by atoms with Crippen LogP contribution in [0.4, 0.5) is 0 Å². The molecule has 1 aromatic rings. The van der Waals surface area contributed by atoms with Gasteiger partial charge in [0.1, 0.15) is 12.0 Å². The van der Waals surface area contributed by atoms with Crippen molar-refractivity contribution in [1.29, 1.82) is 0 Å². The number of carbonyl (C=O) groups is 1. The molecular weight excluding hydrogens is 192 g/mol. The lowest BCUT2D eigenvalue weighted by atomic mass is 10.3. The number of nitrogens with zero attached hydrogens (tertiary/aromatic N) is 2. The molecule has 4 nitrogen and oxygen atoms in total. The van der Waals surface area contributed by atoms with E-state index in [4.69, 9.17) is 16.3 Å². The van der Waals surface area contributed by atoms with Gasteiger partial charge in [-0.25, -0.2) is 4.98 Å². The second-order valence-corrected chi connectivity index (χ2v) is 3.24. The van der Waals surface area contributed by atoms with Crippen LogP contribution in [0.2, 0.25) is 0 Å². The van der Waals surface area contributed by atoms with Crippen LogP contribution in [0.5, 0.6) is 6.01 Å². The number of hydrogen-bond donors (Lipinski definition) is 0. The predicted octanol–water partition coefficient (Wildman–Crippen LogP) is 1.56. The zero-order chi connectivity index (χ0) is 9.42. The smallest absolute Gasteiger partial charge is 0.302 e. The minimum absolute atomic E-state index is 0.0475. The van der Waals surface area contributed by atoms with Crippen LogP contribution < -0.4 is 4.74 Å². The van der Waals surface area contributed by atoms with Gasteiger partial charge in [0, 0.05) is 6.92 Å². The molecule has 2 rings (SSSR count). The Kier molecular flexibility index (Phi) is 1.84. The highest BCUT2D eigenvalue weighted by atomic mass is 35.5. The minimum Gasteiger partial charge on any atom is -0.432 e. The van der Waals surface area contributed by atoms with Crippen molar-refractivity contribution in [1.82, 2.24) is 9.55 Å². The van der Waals surface area contributed by atoms with Crippen molar-refractivity contribution in [2.24, 2.45) is 0 Å². The number of halogens is 1. The second-order valence-electron chi connectivity index (χ2n) is 2.75. The first kappa shape index (κ1) is 8.31. The number of fused-ring (bicyclic) bond motifs is 1. The second kappa shape index (κ2) is 2.88. The quantitative estimate of drug-likeness (QED) is 0.644. The Labute approximate surface area is 79.8 Å². The van der Waals surface area contributed by atoms with Gasteiger partial charge in [-0.05, 0) is 0 Å². The van der Waals surface area contributed by atoms with E-state index >= 15 is 0 Å². The molecule has 0 aromatic carbocycles. The summed E-state index contributed by atoms with van der Waals surface area (Å²) in [4.78, 5) is 15.0. The number of rotatable bonds is 1. The van der Waals surface area contributed by atoms with Gasteiger partial charge in [-0.3, -0.25) is 9.36 Å². The summed E-state index contributed by atoms with van der Waals surface area (Å²) in [7, 11) is 0. The molecule has 0 saturated carbocycles. The fourth-order valence-corrected chi connectivity index (χ4v) is 1.36. The standard InChI is InChI=1S/C8H7ClN2O2/c1-5(12)7-2-10-8-11(7)3-6(9)4-13-8/h2,4H,3H2,1H3. The first-order valence-corrected chi connectivity index (χ1v) is 4.14. The van der Waals surface area contributed by atoms with Crippen molar-refractivity contribution >= 4 is 17.4 Å². The fourth-order valence-electron chi connectivity index (χ4n) is 1.19. The highest BCUT2D eigenvalue weighted by Crippen LogP contribution is 2.22. The highest BCUT2D eigenvalue weighted by Gasteiger charge is 2.18. The molecule has 2 heterocycles. The van der Waals surface area contributed by atoms with Gasteiger partial charge in [0.05, 0.1) is 17.8 Å². The number of aromatic nitrogens is 2. The van der Waals surface area contributed by atoms with Gasteiger partial charge in [-0.15, -0.1) is 0 Å². The maximum absolute atomic E-state index is 11.1. The largest absolute Gasteiger partial charge is 0.432 e. The molecule has 0 radical (unpaired) electrons. The lowest BCUT2D eigenvalue weighted by molar-refractivity contribution is 0.100. The van der Waals surface area contributed by atoms with Gasteiger partial charge in [0.15, 0.2) is 5.78 Å². The van der Waals surface area contributed by atoms with Crippen molar-refractivity contribution < 1.29 is 9.53 Å². The molecule has 0 fully saturated rings. The Balaban J connectivity index is 2.45. The Morgan fingerprint density at radius 1 is 1.77 bits per heavy atom. The van der Waals surface area contributed by atoms with Gasteiger partial charge in [-0.1, -0.05) is 11.6 Å². The zero-order valence-electron chi connectivity index (χ0n) is 6.95. The third-order valence-corrected chi connectivity index (χ3v) is 1.99. The van der Waals surface area contributed by atoms with Crippen molar-refractivity contribution in [2.75, 3.05) is 0 Å². The Morgan fingerprint density at radius 2 is 2.54 bits per heavy atom. The molecule has 68 valence electrons. The number of carbonyl (C=O) groups excluding carboxylic acids is 1. The molecule has 5 heteroatoms. The molecule has 13 heavy (non-hydrogen) atoms. The van der Waals surface area contributed by atoms with Crippen LogP contribution in [0.3, 0.4) is 0 Å². The zero-order valence-corrected chi connectivity index (χ0v) is 7.71. The van der Waals surface area contributed by atoms with E-state index in [1.165, 1.54) is 19.4 Å². The third kappa shape index (κ3) is 1.33. The third-order valence-electron chi connectivity index (χ3n) is 1.78. The first-order chi connectivity index (χ1) is 6.18. The van der Waals surface area contributed by atoms with E-state index in [0.717, 1.165) is 0 Å². The normalized spacial score (nSPS) is 14.5. The Bertz CT molecular complexity index is 395. The van der Waals surface area contributed by atoms with Crippen molar-refractivity contribution in [2.45, 2.75) is 13.5 Å². The van der Waals surface area contributed by atoms with Crippen LogP contribution >= 0.6 is 11.6 Å². The van der Waals surface area contributed by atoms with Crippen LogP contribution in [0.25, 0.3) is 0 Å². The topological polar surface area (TPSA) is 44.1 Å². The molecule has 0 atom stereocenters. The summed E-state index contributed by atoms with van der Waals surface area (Å²) in [5.41, 5.74) is 0.515. The van der Waals surface area contributed by atoms with E-state index in [1.54, 1.807) is 4.57 Å². The van der Waals surface area contributed by atoms with Crippen molar-refractivity contribution in [3.05, 3.63) is 23.2 Å². The van der Waals surface area contributed by atoms with Gasteiger partial charge >= 0.3 is 6.01 Å². The van der Waals surface area contributed by atoms with Gasteiger partial charge in [0.2, 0.25) is 0 Å². The van der Waals surface area contributed by atoms with Crippen LogP contribution in [0.15, 0.2) is 17.5 Å². The summed E-state index contributed by atoms with van der Waals surface area (Å²) in [5.74, 6) is -0.0475. The monoisotopic (exact) mass is 198 g/mol. The van der Waals surface area contributed by atoms with E-state index in [9.17, 15) is 4.79 Å². The summed E-state index contributed by atoms with van der Waals surface area (Å²) in [6.45, 7) is 1.93. The maximum Gasteiger partial charge on any atom is 0.302 e. The van der Waals surface area contributed by atoms with E-state index in [0.29, 0.717) is 23.3 Å². The molecule has 0 amide bonds. The van der Waals surface area contributed by atoms with Crippen molar-refractivity contribution in [3.8, 4) is 6.01 Å². The molecule has 0 N–H and O–H groups in total. The number of ether oxygens (including phenoxy) is 1. The maximum atomic E-state index is 11.1. The van der Waals surface area contributed by atoms with E-state index in [-0.39, 0.29) is 5.78 Å². The molecular formula is C8H7ClN2O2. The number of allylic oxidation sites excluding steroid dienone is 1. The molecule has 1 aliphatic heterocycles. The van der Waals surface area contributed by atoms with E-state index in [1.807, 2.05) is 0 Å². The van der Waals surface area contributed by atoms with Crippen LogP contribution in [0.1, 0.15) is 17.4 Å². The average molecular weight is 199 g/mol. The SMILES string of the molecule is CC(=O)c1cnc2n1CC(Cl)=CO2. The van der Waals surface area contributed by atoms with Gasteiger partial charge in [0.25, 0.3) is 0 Å². The number of Topliss-reactive ketones (excluding diaryl/α,β-unsaturated/α-hetero) is 1. The van der Waals surface area contributed by atoms with Crippen LogP contribution in [-0.4, -0.2) is 15.3 Å². The van der Waals surface area contributed by atoms with Gasteiger partial charge in [-0.2, -0.15) is 0 Å². The highest BCUT2D eigenvalue weighted by molar-refractivity contribution is 6.29. The van der Waals surface area contributed by atoms with Crippen LogP contribution in [0, 0.1) is 0 Å². The Morgan fingerprint density at radius 3 is 3.23 bits per heavy atom. The summed E-state index contributed by atoms with van der Waals surface area (Å²) in [5, 5.41) is 0.549. The molecule has 0 saturated heterocycles. The molecule has 1 aliphatic rings. The first-order valence-electron chi connectivity index (χ1n) is 3.76. The molecule has 1 aromatic heterocycles. The van der Waals surface area contributed by atoms with Crippen LogP contribution in [-0.2, 0) is 6.54 Å². The molecule has 0 spiro atoms. The summed E-state index contributed by atoms with van der Waals surface area (Å²) < 4.78 is 6.72. The number of hydrogen-bond acceptors (Lipinski definition) is 3. The average Bonchev–Trinajstić information content (AvgIpc) is 2.46. The summed E-state index contributed by atoms with van der Waals surface area (Å²) >= 11 is 5.75. The molecule has 0 bridgehead atoms.